The normalized spacial score (nSPS) is 11.3. The summed E-state index contributed by atoms with van der Waals surface area (Å²) in [5.41, 5.74) is 9.12. The minimum absolute atomic E-state index is 0.319. The van der Waals surface area contributed by atoms with Gasteiger partial charge in [-0.2, -0.15) is 0 Å². The third-order valence-corrected chi connectivity index (χ3v) is 4.17. The van der Waals surface area contributed by atoms with Crippen LogP contribution in [0.3, 0.4) is 0 Å². The predicted octanol–water partition coefficient (Wildman–Crippen LogP) is 3.66. The number of imidazole rings is 1. The number of nitrogens with one attached hydrogen (secondary N) is 1. The number of guanidine groups is 1. The number of anilines is 1. The summed E-state index contributed by atoms with van der Waals surface area (Å²) in [5, 5.41) is 3.13. The van der Waals surface area contributed by atoms with Crippen molar-refractivity contribution in [3.63, 3.8) is 0 Å². The summed E-state index contributed by atoms with van der Waals surface area (Å²) in [6, 6.07) is 13.9. The molecule has 0 aliphatic rings. The summed E-state index contributed by atoms with van der Waals surface area (Å²) < 4.78 is 13.3. The topological polar surface area (TPSA) is 86.7 Å². The molecule has 0 spiro atoms. The number of nitrogens with two attached hydrogens (primary N) is 1. The Kier molecular flexibility index (Phi) is 7.10. The van der Waals surface area contributed by atoms with E-state index in [0.29, 0.717) is 31.5 Å². The van der Waals surface area contributed by atoms with E-state index in [9.17, 15) is 0 Å². The van der Waals surface area contributed by atoms with E-state index in [2.05, 4.69) is 27.4 Å². The second-order valence-corrected chi connectivity index (χ2v) is 6.41. The van der Waals surface area contributed by atoms with Crippen LogP contribution in [0.1, 0.15) is 25.0 Å². The molecule has 0 fully saturated rings. The molecule has 0 saturated carbocycles. The van der Waals surface area contributed by atoms with Crippen LogP contribution in [0, 0.1) is 0 Å². The highest BCUT2D eigenvalue weighted by molar-refractivity contribution is 5.94. The van der Waals surface area contributed by atoms with Crippen LogP contribution >= 0.6 is 0 Å². The van der Waals surface area contributed by atoms with E-state index >= 15 is 0 Å². The number of nitrogens with zero attached hydrogens (tertiary/aromatic N) is 3. The molecule has 0 amide bonds. The van der Waals surface area contributed by atoms with Crippen LogP contribution < -0.4 is 20.5 Å². The largest absolute Gasteiger partial charge is 0.494 e. The highest BCUT2D eigenvalue weighted by Gasteiger charge is 2.07. The average molecular weight is 393 g/mol. The molecule has 29 heavy (non-hydrogen) atoms. The molecule has 7 nitrogen and oxygen atoms in total. The molecule has 3 aromatic rings. The van der Waals surface area contributed by atoms with Crippen molar-refractivity contribution in [2.24, 2.45) is 10.7 Å². The predicted molar refractivity (Wildman–Crippen MR) is 116 cm³/mol. The molecular formula is C22H27N5O2. The molecule has 1 heterocycles. The molecule has 152 valence electrons. The van der Waals surface area contributed by atoms with Gasteiger partial charge in [-0.1, -0.05) is 24.3 Å². The highest BCUT2D eigenvalue weighted by atomic mass is 16.5. The van der Waals surface area contributed by atoms with Crippen LogP contribution in [0.25, 0.3) is 0 Å². The maximum absolute atomic E-state index is 6.12. The smallest absolute Gasteiger partial charge is 0.193 e. The summed E-state index contributed by atoms with van der Waals surface area (Å²) in [6.45, 7) is 6.28. The molecule has 0 bridgehead atoms. The lowest BCUT2D eigenvalue weighted by molar-refractivity contribution is 0.332. The van der Waals surface area contributed by atoms with E-state index in [1.165, 1.54) is 5.56 Å². The zero-order valence-electron chi connectivity index (χ0n) is 16.8. The number of benzene rings is 2. The van der Waals surface area contributed by atoms with Gasteiger partial charge in [0.15, 0.2) is 5.96 Å². The molecule has 1 aromatic heterocycles. The van der Waals surface area contributed by atoms with Crippen LogP contribution in [-0.4, -0.2) is 28.7 Å². The van der Waals surface area contributed by atoms with Crippen LogP contribution in [0.2, 0.25) is 0 Å². The Morgan fingerprint density at radius 1 is 1.10 bits per heavy atom. The Morgan fingerprint density at radius 2 is 1.93 bits per heavy atom. The van der Waals surface area contributed by atoms with Crippen LogP contribution in [-0.2, 0) is 13.1 Å². The van der Waals surface area contributed by atoms with Crippen molar-refractivity contribution in [2.75, 3.05) is 18.5 Å². The van der Waals surface area contributed by atoms with E-state index in [0.717, 1.165) is 23.5 Å². The number of hydrogen-bond donors (Lipinski definition) is 2. The molecule has 2 aromatic carbocycles. The van der Waals surface area contributed by atoms with Crippen molar-refractivity contribution in [1.82, 2.24) is 9.55 Å². The maximum atomic E-state index is 6.12. The van der Waals surface area contributed by atoms with Gasteiger partial charge in [-0.05, 0) is 37.1 Å². The van der Waals surface area contributed by atoms with Crippen LogP contribution in [0.15, 0.2) is 66.2 Å². The molecule has 0 unspecified atom stereocenters. The second-order valence-electron chi connectivity index (χ2n) is 6.41. The van der Waals surface area contributed by atoms with Gasteiger partial charge in [-0.3, -0.25) is 0 Å². The lowest BCUT2D eigenvalue weighted by Crippen LogP contribution is -2.23. The van der Waals surface area contributed by atoms with E-state index < -0.39 is 0 Å². The van der Waals surface area contributed by atoms with E-state index in [1.54, 1.807) is 12.5 Å². The third-order valence-electron chi connectivity index (χ3n) is 4.17. The van der Waals surface area contributed by atoms with Gasteiger partial charge in [0.2, 0.25) is 0 Å². The van der Waals surface area contributed by atoms with Crippen molar-refractivity contribution in [3.8, 4) is 11.5 Å². The first-order chi connectivity index (χ1) is 14.2. The van der Waals surface area contributed by atoms with Gasteiger partial charge in [0, 0.05) is 25.0 Å². The summed E-state index contributed by atoms with van der Waals surface area (Å²) in [5.74, 6) is 1.77. The third kappa shape index (κ3) is 6.00. The number of aliphatic imine (C=N–C) groups is 1. The minimum Gasteiger partial charge on any atom is -0.494 e. The summed E-state index contributed by atoms with van der Waals surface area (Å²) >= 11 is 0. The first kappa shape index (κ1) is 20.3. The van der Waals surface area contributed by atoms with E-state index in [4.69, 9.17) is 15.2 Å². The number of hydrogen-bond acceptors (Lipinski definition) is 4. The molecule has 3 rings (SSSR count). The van der Waals surface area contributed by atoms with Crippen molar-refractivity contribution >= 4 is 11.6 Å². The quantitative estimate of drug-likeness (QED) is 0.428. The number of ether oxygens (including phenoxy) is 2. The number of aromatic nitrogens is 2. The lowest BCUT2D eigenvalue weighted by Gasteiger charge is -2.14. The first-order valence-electron chi connectivity index (χ1n) is 9.68. The van der Waals surface area contributed by atoms with Crippen molar-refractivity contribution in [2.45, 2.75) is 26.9 Å². The molecule has 0 aliphatic heterocycles. The van der Waals surface area contributed by atoms with Gasteiger partial charge in [0.1, 0.15) is 11.5 Å². The van der Waals surface area contributed by atoms with Crippen LogP contribution in [0.4, 0.5) is 5.69 Å². The van der Waals surface area contributed by atoms with Crippen molar-refractivity contribution in [3.05, 3.63) is 72.3 Å². The molecule has 0 radical (unpaired) electrons. The van der Waals surface area contributed by atoms with Gasteiger partial charge in [0.25, 0.3) is 0 Å². The first-order valence-corrected chi connectivity index (χ1v) is 9.68. The standard InChI is InChI=1S/C22H27N5O2/c1-3-28-19-8-9-21(29-4-2)20(13-19)26-22(23)25-14-17-6-5-7-18(12-17)15-27-11-10-24-16-27/h5-13,16H,3-4,14-15H2,1-2H3,(H3,23,25,26). The average Bonchev–Trinajstić information content (AvgIpc) is 3.22. The molecule has 7 heteroatoms. The molecule has 3 N–H and O–H groups in total. The van der Waals surface area contributed by atoms with Gasteiger partial charge in [-0.25, -0.2) is 9.98 Å². The van der Waals surface area contributed by atoms with E-state index in [1.807, 2.05) is 54.9 Å². The van der Waals surface area contributed by atoms with Crippen molar-refractivity contribution in [1.29, 1.82) is 0 Å². The Labute approximate surface area is 171 Å². The Bertz CT molecular complexity index is 938. The summed E-state index contributed by atoms with van der Waals surface area (Å²) in [4.78, 5) is 8.55. The fourth-order valence-corrected chi connectivity index (χ4v) is 2.92. The Balaban J connectivity index is 1.68. The Hall–Kier alpha value is -3.48. The Morgan fingerprint density at radius 3 is 2.69 bits per heavy atom. The second kappa shape index (κ2) is 10.2. The van der Waals surface area contributed by atoms with Crippen molar-refractivity contribution < 1.29 is 9.47 Å². The number of rotatable bonds is 9. The maximum Gasteiger partial charge on any atom is 0.193 e. The molecule has 0 saturated heterocycles. The minimum atomic E-state index is 0.319. The monoisotopic (exact) mass is 393 g/mol. The van der Waals surface area contributed by atoms with Gasteiger partial charge in [-0.15, -0.1) is 0 Å². The zero-order chi connectivity index (χ0) is 20.5. The van der Waals surface area contributed by atoms with Crippen LogP contribution in [0.5, 0.6) is 11.5 Å². The van der Waals surface area contributed by atoms with Gasteiger partial charge in [0.05, 0.1) is 31.8 Å². The van der Waals surface area contributed by atoms with Gasteiger partial charge >= 0.3 is 0 Å². The molecular weight excluding hydrogens is 366 g/mol. The SMILES string of the molecule is CCOc1ccc(OCC)c(NC(N)=NCc2cccc(Cn3ccnc3)c2)c1. The molecule has 0 atom stereocenters. The lowest BCUT2D eigenvalue weighted by atomic mass is 10.1. The summed E-state index contributed by atoms with van der Waals surface area (Å²) in [6.07, 6.45) is 5.52. The van der Waals surface area contributed by atoms with E-state index in [-0.39, 0.29) is 0 Å². The molecule has 0 aliphatic carbocycles. The fraction of sp³-hybridized carbons (Fsp3) is 0.273. The fourth-order valence-electron chi connectivity index (χ4n) is 2.92. The van der Waals surface area contributed by atoms with Gasteiger partial charge < -0.3 is 25.1 Å². The highest BCUT2D eigenvalue weighted by Crippen LogP contribution is 2.29. The summed E-state index contributed by atoms with van der Waals surface area (Å²) in [7, 11) is 0. The zero-order valence-corrected chi connectivity index (χ0v) is 16.8.